The van der Waals surface area contributed by atoms with E-state index in [1.54, 1.807) is 0 Å². The summed E-state index contributed by atoms with van der Waals surface area (Å²) in [5.41, 5.74) is 2.41. The molecule has 0 spiro atoms. The van der Waals surface area contributed by atoms with Crippen molar-refractivity contribution in [1.29, 1.82) is 0 Å². The van der Waals surface area contributed by atoms with Gasteiger partial charge in [-0.3, -0.25) is 4.79 Å². The minimum absolute atomic E-state index is 0.249. The zero-order valence-electron chi connectivity index (χ0n) is 8.94. The third kappa shape index (κ3) is 4.45. The van der Waals surface area contributed by atoms with Crippen LogP contribution in [0.2, 0.25) is 0 Å². The highest BCUT2D eigenvalue weighted by atomic mass is 16.4. The van der Waals surface area contributed by atoms with Crippen molar-refractivity contribution in [2.75, 3.05) is 0 Å². The van der Waals surface area contributed by atoms with Gasteiger partial charge in [-0.15, -0.1) is 0 Å². The average molecular weight is 204 g/mol. The van der Waals surface area contributed by atoms with Gasteiger partial charge in [-0.2, -0.15) is 0 Å². The van der Waals surface area contributed by atoms with E-state index < -0.39 is 5.97 Å². The van der Waals surface area contributed by atoms with E-state index in [4.69, 9.17) is 5.11 Å². The number of hydrogen-bond acceptors (Lipinski definition) is 1. The molecule has 0 saturated carbocycles. The monoisotopic (exact) mass is 204 g/mol. The number of rotatable bonds is 5. The Bertz CT molecular complexity index is 339. The molecular weight excluding hydrogens is 188 g/mol. The van der Waals surface area contributed by atoms with Crippen LogP contribution in [0.1, 0.15) is 31.7 Å². The Morgan fingerprint density at radius 2 is 2.00 bits per heavy atom. The molecule has 0 aliphatic rings. The summed E-state index contributed by atoms with van der Waals surface area (Å²) in [5.74, 6) is -0.722. The van der Waals surface area contributed by atoms with Gasteiger partial charge in [0.15, 0.2) is 0 Å². The third-order valence-corrected chi connectivity index (χ3v) is 2.27. The molecule has 0 amide bonds. The summed E-state index contributed by atoms with van der Waals surface area (Å²) in [5, 5.41) is 8.48. The Kier molecular flexibility index (Phi) is 4.61. The Labute approximate surface area is 90.3 Å². The topological polar surface area (TPSA) is 37.3 Å². The van der Waals surface area contributed by atoms with Crippen LogP contribution in [0, 0.1) is 0 Å². The second-order valence-electron chi connectivity index (χ2n) is 3.54. The molecule has 80 valence electrons. The van der Waals surface area contributed by atoms with Gasteiger partial charge >= 0.3 is 5.97 Å². The number of carboxylic acid groups (broad SMARTS) is 1. The maximum atomic E-state index is 10.3. The van der Waals surface area contributed by atoms with Crippen molar-refractivity contribution in [3.63, 3.8) is 0 Å². The SMILES string of the molecule is C/C(=C\CCCC(=O)O)c1ccccc1. The molecule has 2 heteroatoms. The number of hydrogen-bond donors (Lipinski definition) is 1. The lowest BCUT2D eigenvalue weighted by atomic mass is 10.1. The fourth-order valence-electron chi connectivity index (χ4n) is 1.39. The Morgan fingerprint density at radius 1 is 1.33 bits per heavy atom. The van der Waals surface area contributed by atoms with Crippen molar-refractivity contribution in [2.24, 2.45) is 0 Å². The number of aliphatic carboxylic acids is 1. The molecule has 0 aliphatic heterocycles. The lowest BCUT2D eigenvalue weighted by molar-refractivity contribution is -0.137. The van der Waals surface area contributed by atoms with Gasteiger partial charge in [0.25, 0.3) is 0 Å². The number of carbonyl (C=O) groups is 1. The third-order valence-electron chi connectivity index (χ3n) is 2.27. The molecule has 15 heavy (non-hydrogen) atoms. The van der Waals surface area contributed by atoms with Gasteiger partial charge in [0.05, 0.1) is 0 Å². The fourth-order valence-corrected chi connectivity index (χ4v) is 1.39. The minimum Gasteiger partial charge on any atom is -0.481 e. The minimum atomic E-state index is -0.722. The first-order valence-electron chi connectivity index (χ1n) is 5.14. The van der Waals surface area contributed by atoms with Crippen molar-refractivity contribution in [3.8, 4) is 0 Å². The Morgan fingerprint density at radius 3 is 2.60 bits per heavy atom. The largest absolute Gasteiger partial charge is 0.481 e. The van der Waals surface area contributed by atoms with Gasteiger partial charge in [-0.25, -0.2) is 0 Å². The quantitative estimate of drug-likeness (QED) is 0.747. The predicted octanol–water partition coefficient (Wildman–Crippen LogP) is 3.34. The summed E-state index contributed by atoms with van der Waals surface area (Å²) in [6.45, 7) is 2.05. The second kappa shape index (κ2) is 6.02. The summed E-state index contributed by atoms with van der Waals surface area (Å²) in [4.78, 5) is 10.3. The first-order valence-corrected chi connectivity index (χ1v) is 5.14. The number of allylic oxidation sites excluding steroid dienone is 2. The van der Waals surface area contributed by atoms with E-state index in [0.29, 0.717) is 6.42 Å². The van der Waals surface area contributed by atoms with Gasteiger partial charge in [0.2, 0.25) is 0 Å². The van der Waals surface area contributed by atoms with E-state index in [1.165, 1.54) is 11.1 Å². The standard InChI is InChI=1S/C13H16O2/c1-11(7-5-6-10-13(14)15)12-8-3-2-4-9-12/h2-4,7-9H,5-6,10H2,1H3,(H,14,15)/b11-7+. The Balaban J connectivity index is 2.43. The van der Waals surface area contributed by atoms with Crippen LogP contribution in [0.15, 0.2) is 36.4 Å². The van der Waals surface area contributed by atoms with Crippen molar-refractivity contribution in [3.05, 3.63) is 42.0 Å². The van der Waals surface area contributed by atoms with Gasteiger partial charge in [-0.1, -0.05) is 36.4 Å². The van der Waals surface area contributed by atoms with Crippen LogP contribution in [0.3, 0.4) is 0 Å². The molecule has 0 unspecified atom stereocenters. The summed E-state index contributed by atoms with van der Waals surface area (Å²) in [6.07, 6.45) is 3.88. The second-order valence-corrected chi connectivity index (χ2v) is 3.54. The molecule has 0 radical (unpaired) electrons. The van der Waals surface area contributed by atoms with Gasteiger partial charge in [-0.05, 0) is 30.9 Å². The van der Waals surface area contributed by atoms with E-state index in [2.05, 4.69) is 25.1 Å². The van der Waals surface area contributed by atoms with Gasteiger partial charge in [0.1, 0.15) is 0 Å². The summed E-state index contributed by atoms with van der Waals surface area (Å²) >= 11 is 0. The normalized spacial score (nSPS) is 11.4. The summed E-state index contributed by atoms with van der Waals surface area (Å²) < 4.78 is 0. The molecule has 0 aliphatic carbocycles. The molecule has 1 aromatic rings. The predicted molar refractivity (Wildman–Crippen MR) is 61.6 cm³/mol. The molecular formula is C13H16O2. The zero-order chi connectivity index (χ0) is 11.1. The molecule has 0 bridgehead atoms. The number of carboxylic acids is 1. The number of unbranched alkanes of at least 4 members (excludes halogenated alkanes) is 1. The molecule has 0 heterocycles. The first-order chi connectivity index (χ1) is 7.20. The van der Waals surface area contributed by atoms with Gasteiger partial charge < -0.3 is 5.11 Å². The summed E-state index contributed by atoms with van der Waals surface area (Å²) in [7, 11) is 0. The van der Waals surface area contributed by atoms with E-state index in [-0.39, 0.29) is 6.42 Å². The van der Waals surface area contributed by atoms with E-state index in [0.717, 1.165) is 6.42 Å². The molecule has 0 fully saturated rings. The van der Waals surface area contributed by atoms with Gasteiger partial charge in [0, 0.05) is 6.42 Å². The highest BCUT2D eigenvalue weighted by molar-refractivity contribution is 5.67. The van der Waals surface area contributed by atoms with Crippen LogP contribution >= 0.6 is 0 Å². The first kappa shape index (κ1) is 11.5. The van der Waals surface area contributed by atoms with E-state index in [1.807, 2.05) is 18.2 Å². The summed E-state index contributed by atoms with van der Waals surface area (Å²) in [6, 6.07) is 10.1. The van der Waals surface area contributed by atoms with Crippen LogP contribution in [0.5, 0.6) is 0 Å². The lowest BCUT2D eigenvalue weighted by Gasteiger charge is -2.00. The molecule has 0 atom stereocenters. The molecule has 1 N–H and O–H groups in total. The maximum absolute atomic E-state index is 10.3. The van der Waals surface area contributed by atoms with E-state index >= 15 is 0 Å². The van der Waals surface area contributed by atoms with Crippen LogP contribution in [-0.2, 0) is 4.79 Å². The number of benzene rings is 1. The van der Waals surface area contributed by atoms with Crippen LogP contribution < -0.4 is 0 Å². The average Bonchev–Trinajstić information content (AvgIpc) is 2.25. The molecule has 0 aromatic heterocycles. The molecule has 0 saturated heterocycles. The fraction of sp³-hybridized carbons (Fsp3) is 0.308. The molecule has 1 rings (SSSR count). The highest BCUT2D eigenvalue weighted by Crippen LogP contribution is 2.14. The maximum Gasteiger partial charge on any atom is 0.303 e. The molecule has 2 nitrogen and oxygen atoms in total. The van der Waals surface area contributed by atoms with E-state index in [9.17, 15) is 4.79 Å². The highest BCUT2D eigenvalue weighted by Gasteiger charge is 1.96. The molecule has 1 aromatic carbocycles. The smallest absolute Gasteiger partial charge is 0.303 e. The van der Waals surface area contributed by atoms with Crippen LogP contribution in [-0.4, -0.2) is 11.1 Å². The van der Waals surface area contributed by atoms with Crippen molar-refractivity contribution in [2.45, 2.75) is 26.2 Å². The zero-order valence-corrected chi connectivity index (χ0v) is 8.94. The van der Waals surface area contributed by atoms with Crippen molar-refractivity contribution >= 4 is 11.5 Å². The van der Waals surface area contributed by atoms with Crippen LogP contribution in [0.25, 0.3) is 5.57 Å². The van der Waals surface area contributed by atoms with Crippen molar-refractivity contribution in [1.82, 2.24) is 0 Å². The lowest BCUT2D eigenvalue weighted by Crippen LogP contribution is -1.92. The van der Waals surface area contributed by atoms with Crippen molar-refractivity contribution < 1.29 is 9.90 Å². The Hall–Kier alpha value is -1.57. The van der Waals surface area contributed by atoms with Crippen LogP contribution in [0.4, 0.5) is 0 Å².